The minimum atomic E-state index is -0.812. The molecule has 2 radical (unpaired) electrons. The van der Waals surface area contributed by atoms with Crippen molar-refractivity contribution in [3.8, 4) is 0 Å². The van der Waals surface area contributed by atoms with Gasteiger partial charge in [0, 0.05) is 24.5 Å². The summed E-state index contributed by atoms with van der Waals surface area (Å²) >= 11 is 0. The van der Waals surface area contributed by atoms with Gasteiger partial charge in [0.2, 0.25) is 0 Å². The second-order valence-electron chi connectivity index (χ2n) is 3.04. The van der Waals surface area contributed by atoms with E-state index in [1.807, 2.05) is 0 Å². The van der Waals surface area contributed by atoms with Crippen molar-refractivity contribution in [1.29, 1.82) is 0 Å². The summed E-state index contributed by atoms with van der Waals surface area (Å²) in [4.78, 5) is 0. The van der Waals surface area contributed by atoms with E-state index in [2.05, 4.69) is 0 Å². The van der Waals surface area contributed by atoms with Gasteiger partial charge in [-0.3, -0.25) is 0 Å². The summed E-state index contributed by atoms with van der Waals surface area (Å²) in [6.07, 6.45) is 0. The Bertz CT molecular complexity index is 343. The number of hydrogen-bond acceptors (Lipinski definition) is 3. The number of benzene rings is 1. The van der Waals surface area contributed by atoms with Crippen LogP contribution in [0.5, 0.6) is 0 Å². The number of rotatable bonds is 7. The molecule has 3 nitrogen and oxygen atoms in total. The lowest BCUT2D eigenvalue weighted by Crippen LogP contribution is -2.30. The van der Waals surface area contributed by atoms with Crippen LogP contribution in [0.1, 0.15) is 13.8 Å². The van der Waals surface area contributed by atoms with Crippen LogP contribution in [0.2, 0.25) is 0 Å². The van der Waals surface area contributed by atoms with Gasteiger partial charge >= 0.3 is 0 Å². The van der Waals surface area contributed by atoms with E-state index in [9.17, 15) is 8.78 Å². The maximum absolute atomic E-state index is 13.3. The van der Waals surface area contributed by atoms with Gasteiger partial charge < -0.3 is 13.9 Å². The van der Waals surface area contributed by atoms with Gasteiger partial charge in [0.15, 0.2) is 0 Å². The Labute approximate surface area is 102 Å². The topological polar surface area (TPSA) is 27.7 Å². The van der Waals surface area contributed by atoms with Crippen molar-refractivity contribution in [2.24, 2.45) is 0 Å². The Morgan fingerprint density at radius 2 is 1.82 bits per heavy atom. The van der Waals surface area contributed by atoms with Crippen LogP contribution < -0.4 is 5.19 Å². The van der Waals surface area contributed by atoms with Crippen LogP contribution >= 0.6 is 0 Å². The molecule has 17 heavy (non-hydrogen) atoms. The summed E-state index contributed by atoms with van der Waals surface area (Å²) in [5.74, 6) is -1.24. The lowest BCUT2D eigenvalue weighted by molar-refractivity contribution is -0.242. The molecule has 0 saturated heterocycles. The molecule has 0 spiro atoms. The molecule has 0 saturated carbocycles. The second kappa shape index (κ2) is 7.49. The first-order valence-corrected chi connectivity index (χ1v) is 6.18. The lowest BCUT2D eigenvalue weighted by atomic mass is 10.3. The third-order valence-electron chi connectivity index (χ3n) is 1.80. The SMILES string of the molecule is CCOC(OCC)O[Si]c1ccc(F)cc1F. The predicted molar refractivity (Wildman–Crippen MR) is 59.9 cm³/mol. The van der Waals surface area contributed by atoms with E-state index in [0.29, 0.717) is 13.2 Å². The fourth-order valence-electron chi connectivity index (χ4n) is 1.07. The van der Waals surface area contributed by atoms with Crippen LogP contribution in [-0.4, -0.2) is 29.5 Å². The molecule has 1 aromatic carbocycles. The van der Waals surface area contributed by atoms with Crippen LogP contribution in [0.3, 0.4) is 0 Å². The summed E-state index contributed by atoms with van der Waals surface area (Å²) in [5.41, 5.74) is 0. The first-order chi connectivity index (χ1) is 8.17. The monoisotopic (exact) mass is 260 g/mol. The predicted octanol–water partition coefficient (Wildman–Crippen LogP) is 1.58. The number of halogens is 2. The quantitative estimate of drug-likeness (QED) is 0.550. The van der Waals surface area contributed by atoms with Gasteiger partial charge in [0.05, 0.1) is 0 Å². The normalized spacial score (nSPS) is 11.1. The summed E-state index contributed by atoms with van der Waals surface area (Å²) in [6.45, 7) is 3.66. The zero-order chi connectivity index (χ0) is 12.7. The largest absolute Gasteiger partial charge is 0.366 e. The van der Waals surface area contributed by atoms with Gasteiger partial charge in [-0.05, 0) is 19.9 Å². The molecule has 0 amide bonds. The van der Waals surface area contributed by atoms with Gasteiger partial charge in [-0.2, -0.15) is 0 Å². The maximum Gasteiger partial charge on any atom is 0.278 e. The van der Waals surface area contributed by atoms with Gasteiger partial charge in [-0.25, -0.2) is 8.78 Å². The minimum absolute atomic E-state index is 0.288. The van der Waals surface area contributed by atoms with Crippen LogP contribution in [0, 0.1) is 11.6 Å². The Balaban J connectivity index is 2.52. The highest BCUT2D eigenvalue weighted by Gasteiger charge is 2.12. The van der Waals surface area contributed by atoms with E-state index >= 15 is 0 Å². The third-order valence-corrected chi connectivity index (χ3v) is 2.74. The van der Waals surface area contributed by atoms with Crippen molar-refractivity contribution in [3.63, 3.8) is 0 Å². The highest BCUT2D eigenvalue weighted by Crippen LogP contribution is 2.01. The minimum Gasteiger partial charge on any atom is -0.366 e. The van der Waals surface area contributed by atoms with Crippen molar-refractivity contribution in [3.05, 3.63) is 29.8 Å². The van der Waals surface area contributed by atoms with E-state index in [0.717, 1.165) is 6.07 Å². The molecule has 0 aromatic heterocycles. The Kier molecular flexibility index (Phi) is 6.28. The highest BCUT2D eigenvalue weighted by atomic mass is 28.2. The molecule has 1 rings (SSSR count). The van der Waals surface area contributed by atoms with Gasteiger partial charge in [0.1, 0.15) is 11.6 Å². The molecule has 1 aromatic rings. The van der Waals surface area contributed by atoms with E-state index in [1.54, 1.807) is 13.8 Å². The third kappa shape index (κ3) is 4.91. The van der Waals surface area contributed by atoms with Gasteiger partial charge in [0.25, 0.3) is 16.2 Å². The molecule has 0 atom stereocenters. The first kappa shape index (κ1) is 14.2. The molecule has 94 valence electrons. The van der Waals surface area contributed by atoms with Crippen LogP contribution in [0.4, 0.5) is 8.78 Å². The molecule has 0 fully saturated rings. The Morgan fingerprint density at radius 1 is 1.18 bits per heavy atom. The summed E-state index contributed by atoms with van der Waals surface area (Å²) < 4.78 is 41.5. The lowest BCUT2D eigenvalue weighted by Gasteiger charge is -2.16. The zero-order valence-electron chi connectivity index (χ0n) is 9.70. The highest BCUT2D eigenvalue weighted by molar-refractivity contribution is 6.47. The molecule has 0 aliphatic heterocycles. The van der Waals surface area contributed by atoms with E-state index < -0.39 is 18.1 Å². The second-order valence-corrected chi connectivity index (χ2v) is 4.02. The molecule has 0 heterocycles. The Morgan fingerprint density at radius 3 is 2.35 bits per heavy atom. The fourth-order valence-corrected chi connectivity index (χ4v) is 1.75. The van der Waals surface area contributed by atoms with Crippen molar-refractivity contribution in [2.45, 2.75) is 20.3 Å². The van der Waals surface area contributed by atoms with Crippen molar-refractivity contribution in [2.75, 3.05) is 13.2 Å². The van der Waals surface area contributed by atoms with E-state index in [-0.39, 0.29) is 14.9 Å². The van der Waals surface area contributed by atoms with Gasteiger partial charge in [-0.1, -0.05) is 6.07 Å². The van der Waals surface area contributed by atoms with E-state index in [1.165, 1.54) is 12.1 Å². The van der Waals surface area contributed by atoms with Gasteiger partial charge in [-0.15, -0.1) is 0 Å². The van der Waals surface area contributed by atoms with Crippen molar-refractivity contribution < 1.29 is 22.7 Å². The summed E-state index contributed by atoms with van der Waals surface area (Å²) in [7, 11) is -0.292. The number of ether oxygens (including phenoxy) is 2. The summed E-state index contributed by atoms with van der Waals surface area (Å²) in [5, 5.41) is 0.288. The average Bonchev–Trinajstić information content (AvgIpc) is 2.28. The molecule has 0 N–H and O–H groups in total. The fraction of sp³-hybridized carbons (Fsp3) is 0.455. The molecule has 0 bridgehead atoms. The number of hydrogen-bond donors (Lipinski definition) is 0. The standard InChI is InChI=1S/C11H14F2O3Si/c1-3-14-11(15-4-2)16-17-10-6-5-8(12)7-9(10)13/h5-7,11H,3-4H2,1-2H3. The van der Waals surface area contributed by atoms with Crippen LogP contribution in [0.25, 0.3) is 0 Å². The molecule has 0 unspecified atom stereocenters. The zero-order valence-corrected chi connectivity index (χ0v) is 10.7. The Hall–Kier alpha value is -0.823. The average molecular weight is 260 g/mol. The van der Waals surface area contributed by atoms with Crippen molar-refractivity contribution in [1.82, 2.24) is 0 Å². The molecule has 0 aliphatic rings. The molecular formula is C11H14F2O3Si. The first-order valence-electron chi connectivity index (χ1n) is 5.27. The van der Waals surface area contributed by atoms with Crippen LogP contribution in [0.15, 0.2) is 18.2 Å². The smallest absolute Gasteiger partial charge is 0.278 e. The van der Waals surface area contributed by atoms with Crippen LogP contribution in [-0.2, 0) is 13.9 Å². The maximum atomic E-state index is 13.3. The van der Waals surface area contributed by atoms with E-state index in [4.69, 9.17) is 13.9 Å². The molecular weight excluding hydrogens is 246 g/mol. The summed E-state index contributed by atoms with van der Waals surface area (Å²) in [6, 6.07) is 3.35. The molecule has 0 aliphatic carbocycles. The molecule has 6 heteroatoms. The van der Waals surface area contributed by atoms with Crippen molar-refractivity contribution >= 4 is 14.9 Å².